The monoisotopic (exact) mass is 267 g/mol. The van der Waals surface area contributed by atoms with Gasteiger partial charge in [-0.25, -0.2) is 0 Å². The number of carbonyl (C=O) groups is 2. The number of fused-ring (bicyclic) bond motifs is 5. The smallest absolute Gasteiger partial charge is 0.236 e. The largest absolute Gasteiger partial charge is 0.277 e. The van der Waals surface area contributed by atoms with Crippen molar-refractivity contribution in [1.29, 1.82) is 0 Å². The van der Waals surface area contributed by atoms with Crippen molar-refractivity contribution < 1.29 is 9.59 Å². The highest BCUT2D eigenvalue weighted by molar-refractivity contribution is 6.08. The van der Waals surface area contributed by atoms with Crippen molar-refractivity contribution in [2.75, 3.05) is 0 Å². The van der Waals surface area contributed by atoms with Gasteiger partial charge in [0.2, 0.25) is 11.8 Å². The average Bonchev–Trinajstić information content (AvgIpc) is 3.08. The van der Waals surface area contributed by atoms with Gasteiger partial charge < -0.3 is 0 Å². The van der Waals surface area contributed by atoms with Gasteiger partial charge in [-0.15, -0.1) is 0 Å². The number of carbonyl (C=O) groups excluding carboxylic acids is 2. The van der Waals surface area contributed by atoms with E-state index in [1.807, 2.05) is 37.3 Å². The Morgan fingerprint density at radius 2 is 1.95 bits per heavy atom. The second-order valence-electron chi connectivity index (χ2n) is 6.37. The summed E-state index contributed by atoms with van der Waals surface area (Å²) < 4.78 is 0. The van der Waals surface area contributed by atoms with E-state index < -0.39 is 5.41 Å². The molecule has 20 heavy (non-hydrogen) atoms. The lowest BCUT2D eigenvalue weighted by atomic mass is 9.71. The summed E-state index contributed by atoms with van der Waals surface area (Å²) in [6.45, 7) is 2.39. The van der Waals surface area contributed by atoms with E-state index in [1.54, 1.807) is 0 Å². The SMILES string of the molecule is C[C@]12C(=O)N(Cc3ccccc3)C(=O)[C@@H]1[C@H]1C=C[C@H]2C1. The molecule has 1 aromatic carbocycles. The van der Waals surface area contributed by atoms with Gasteiger partial charge in [0.15, 0.2) is 0 Å². The number of hydrogen-bond donors (Lipinski definition) is 0. The molecule has 4 rings (SSSR count). The topological polar surface area (TPSA) is 37.4 Å². The van der Waals surface area contributed by atoms with Gasteiger partial charge in [0, 0.05) is 0 Å². The molecule has 3 heteroatoms. The molecule has 0 spiro atoms. The highest BCUT2D eigenvalue weighted by Gasteiger charge is 2.66. The van der Waals surface area contributed by atoms with Crippen molar-refractivity contribution >= 4 is 11.8 Å². The number of imide groups is 1. The normalized spacial score (nSPS) is 37.9. The summed E-state index contributed by atoms with van der Waals surface area (Å²) >= 11 is 0. The first-order valence-electron chi connectivity index (χ1n) is 7.20. The van der Waals surface area contributed by atoms with Gasteiger partial charge in [-0.1, -0.05) is 42.5 Å². The Morgan fingerprint density at radius 1 is 1.20 bits per heavy atom. The molecule has 1 heterocycles. The molecule has 2 bridgehead atoms. The Bertz CT molecular complexity index is 621. The number of rotatable bonds is 2. The van der Waals surface area contributed by atoms with Crippen molar-refractivity contribution in [3.05, 3.63) is 48.0 Å². The summed E-state index contributed by atoms with van der Waals surface area (Å²) in [6.07, 6.45) is 5.24. The van der Waals surface area contributed by atoms with Crippen molar-refractivity contribution in [2.45, 2.75) is 19.9 Å². The van der Waals surface area contributed by atoms with Crippen molar-refractivity contribution in [3.63, 3.8) is 0 Å². The summed E-state index contributed by atoms with van der Waals surface area (Å²) in [5, 5.41) is 0. The molecule has 3 aliphatic rings. The van der Waals surface area contributed by atoms with Gasteiger partial charge in [-0.2, -0.15) is 0 Å². The van der Waals surface area contributed by atoms with Crippen LogP contribution in [0.3, 0.4) is 0 Å². The van der Waals surface area contributed by atoms with Gasteiger partial charge in [-0.05, 0) is 30.7 Å². The van der Waals surface area contributed by atoms with E-state index in [2.05, 4.69) is 12.2 Å². The van der Waals surface area contributed by atoms with Crippen LogP contribution in [-0.4, -0.2) is 16.7 Å². The highest BCUT2D eigenvalue weighted by atomic mass is 16.2. The van der Waals surface area contributed by atoms with E-state index in [1.165, 1.54) is 4.90 Å². The molecule has 1 aliphatic heterocycles. The molecule has 1 aromatic rings. The molecule has 0 N–H and O–H groups in total. The van der Waals surface area contributed by atoms with E-state index in [0.29, 0.717) is 6.54 Å². The van der Waals surface area contributed by atoms with E-state index in [-0.39, 0.29) is 29.6 Å². The standard InChI is InChI=1S/C17H17NO2/c1-17-13-8-7-12(9-13)14(17)15(19)18(16(17)20)10-11-5-3-2-4-6-11/h2-8,12-14H,9-10H2,1H3/t12-,13-,14-,17+/m0/s1. The molecule has 0 radical (unpaired) electrons. The summed E-state index contributed by atoms with van der Waals surface area (Å²) in [5.41, 5.74) is 0.517. The highest BCUT2D eigenvalue weighted by Crippen LogP contribution is 2.60. The van der Waals surface area contributed by atoms with E-state index >= 15 is 0 Å². The first-order valence-corrected chi connectivity index (χ1v) is 7.20. The number of allylic oxidation sites excluding steroid dienone is 2. The quantitative estimate of drug-likeness (QED) is 0.609. The molecule has 4 atom stereocenters. The second-order valence-corrected chi connectivity index (χ2v) is 6.37. The van der Waals surface area contributed by atoms with Crippen LogP contribution in [0.4, 0.5) is 0 Å². The number of nitrogens with zero attached hydrogens (tertiary/aromatic N) is 1. The minimum Gasteiger partial charge on any atom is -0.277 e. The predicted octanol–water partition coefficient (Wildman–Crippen LogP) is 2.38. The third-order valence-corrected chi connectivity index (χ3v) is 5.38. The zero-order valence-corrected chi connectivity index (χ0v) is 11.5. The third-order valence-electron chi connectivity index (χ3n) is 5.38. The fourth-order valence-corrected chi connectivity index (χ4v) is 4.30. The maximum Gasteiger partial charge on any atom is 0.236 e. The maximum atomic E-state index is 12.8. The molecule has 102 valence electrons. The molecule has 3 nitrogen and oxygen atoms in total. The van der Waals surface area contributed by atoms with Crippen molar-refractivity contribution in [3.8, 4) is 0 Å². The lowest BCUT2D eigenvalue weighted by Crippen LogP contribution is -2.37. The number of likely N-dealkylation sites (tertiary alicyclic amines) is 1. The molecule has 2 amide bonds. The fourth-order valence-electron chi connectivity index (χ4n) is 4.30. The molecule has 1 saturated carbocycles. The first-order chi connectivity index (χ1) is 9.62. The Morgan fingerprint density at radius 3 is 2.65 bits per heavy atom. The van der Waals surface area contributed by atoms with Gasteiger partial charge in [0.05, 0.1) is 17.9 Å². The van der Waals surface area contributed by atoms with Crippen molar-refractivity contribution in [2.24, 2.45) is 23.2 Å². The number of benzene rings is 1. The van der Waals surface area contributed by atoms with Crippen molar-refractivity contribution in [1.82, 2.24) is 4.90 Å². The lowest BCUT2D eigenvalue weighted by molar-refractivity contribution is -0.142. The molecule has 1 saturated heterocycles. The van der Waals surface area contributed by atoms with Crippen LogP contribution in [0.15, 0.2) is 42.5 Å². The van der Waals surface area contributed by atoms with Crippen LogP contribution in [0.5, 0.6) is 0 Å². The van der Waals surface area contributed by atoms with E-state index in [0.717, 1.165) is 12.0 Å². The zero-order chi connectivity index (χ0) is 13.9. The number of hydrogen-bond acceptors (Lipinski definition) is 2. The summed E-state index contributed by atoms with van der Waals surface area (Å²) in [4.78, 5) is 26.9. The molecular formula is C17H17NO2. The third kappa shape index (κ3) is 1.30. The first kappa shape index (κ1) is 11.9. The van der Waals surface area contributed by atoms with E-state index in [4.69, 9.17) is 0 Å². The van der Waals surface area contributed by atoms with Crippen LogP contribution in [-0.2, 0) is 16.1 Å². The van der Waals surface area contributed by atoms with Gasteiger partial charge >= 0.3 is 0 Å². The summed E-state index contributed by atoms with van der Waals surface area (Å²) in [7, 11) is 0. The average molecular weight is 267 g/mol. The van der Waals surface area contributed by atoms with Crippen LogP contribution >= 0.6 is 0 Å². The Balaban J connectivity index is 1.68. The molecule has 0 aromatic heterocycles. The lowest BCUT2D eigenvalue weighted by Gasteiger charge is -2.28. The second kappa shape index (κ2) is 3.81. The van der Waals surface area contributed by atoms with Crippen LogP contribution in [0, 0.1) is 23.2 Å². The summed E-state index contributed by atoms with van der Waals surface area (Å²) in [6, 6.07) is 9.74. The number of amides is 2. The Kier molecular flexibility index (Phi) is 2.27. The Hall–Kier alpha value is -1.90. The van der Waals surface area contributed by atoms with E-state index in [9.17, 15) is 9.59 Å². The van der Waals surface area contributed by atoms with Crippen LogP contribution < -0.4 is 0 Å². The fraction of sp³-hybridized carbons (Fsp3) is 0.412. The molecular weight excluding hydrogens is 250 g/mol. The van der Waals surface area contributed by atoms with Crippen LogP contribution in [0.2, 0.25) is 0 Å². The minimum atomic E-state index is -0.495. The maximum absolute atomic E-state index is 12.8. The Labute approximate surface area is 118 Å². The minimum absolute atomic E-state index is 0.0215. The molecule has 2 fully saturated rings. The van der Waals surface area contributed by atoms with Gasteiger partial charge in [-0.3, -0.25) is 14.5 Å². The molecule has 2 aliphatic carbocycles. The van der Waals surface area contributed by atoms with Gasteiger partial charge in [0.25, 0.3) is 0 Å². The van der Waals surface area contributed by atoms with Crippen LogP contribution in [0.25, 0.3) is 0 Å². The van der Waals surface area contributed by atoms with Gasteiger partial charge in [0.1, 0.15) is 0 Å². The van der Waals surface area contributed by atoms with Crippen LogP contribution in [0.1, 0.15) is 18.9 Å². The predicted molar refractivity (Wildman–Crippen MR) is 74.3 cm³/mol. The zero-order valence-electron chi connectivity index (χ0n) is 11.5. The molecule has 0 unspecified atom stereocenters. The summed E-state index contributed by atoms with van der Waals surface area (Å²) in [5.74, 6) is 0.428.